The van der Waals surface area contributed by atoms with Crippen molar-refractivity contribution in [3.8, 4) is 11.1 Å². The molecule has 0 N–H and O–H groups in total. The number of hydrogen-bond donors (Lipinski definition) is 0. The van der Waals surface area contributed by atoms with Crippen LogP contribution in [0.2, 0.25) is 0 Å². The Hall–Kier alpha value is -16.5. The fourth-order valence-electron chi connectivity index (χ4n) is 18.6. The van der Waals surface area contributed by atoms with Crippen LogP contribution >= 0.6 is 0 Å². The van der Waals surface area contributed by atoms with Gasteiger partial charge in [0, 0.05) is 110 Å². The van der Waals surface area contributed by atoms with Gasteiger partial charge in [0.2, 0.25) is 0 Å². The maximum absolute atomic E-state index is 2.40. The molecule has 0 bridgehead atoms. The summed E-state index contributed by atoms with van der Waals surface area (Å²) in [6.07, 6.45) is 0. The van der Waals surface area contributed by atoms with Gasteiger partial charge in [-0.1, -0.05) is 340 Å². The quantitative estimate of drug-likeness (QED) is 0.0892. The van der Waals surface area contributed by atoms with Crippen molar-refractivity contribution in [2.45, 2.75) is 0 Å². The Bertz CT molecular complexity index is 7660. The predicted octanol–water partition coefficient (Wildman–Crippen LogP) is 34.0. The molecule has 0 heterocycles. The first kappa shape index (κ1) is 77.8. The molecular weight excluding hydrogens is 1540 g/mol. The molecule has 0 radical (unpaired) electrons. The summed E-state index contributed by atoms with van der Waals surface area (Å²) in [6, 6.07) is 177. The first-order valence-corrected chi connectivity index (χ1v) is 43.5. The highest BCUT2D eigenvalue weighted by Gasteiger charge is 2.24. The second-order valence-corrected chi connectivity index (χ2v) is 32.5. The summed E-state index contributed by atoms with van der Waals surface area (Å²) in [6.45, 7) is 0. The van der Waals surface area contributed by atoms with Gasteiger partial charge in [-0.2, -0.15) is 0 Å². The van der Waals surface area contributed by atoms with Gasteiger partial charge in [0.25, 0.3) is 0 Å². The van der Waals surface area contributed by atoms with Crippen LogP contribution in [0.4, 0.5) is 85.3 Å². The van der Waals surface area contributed by atoms with Gasteiger partial charge in [0.15, 0.2) is 0 Å². The lowest BCUT2D eigenvalue weighted by Gasteiger charge is -2.29. The molecule has 0 atom stereocenters. The van der Waals surface area contributed by atoms with E-state index in [0.717, 1.165) is 79.6 Å². The van der Waals surface area contributed by atoms with Crippen molar-refractivity contribution in [2.75, 3.05) is 50.5 Å². The Labute approximate surface area is 741 Å². The third-order valence-electron chi connectivity index (χ3n) is 25.0. The molecule has 0 unspecified atom stereocenters. The van der Waals surface area contributed by atoms with Crippen LogP contribution in [-0.2, 0) is 0 Å². The van der Waals surface area contributed by atoms with Crippen molar-refractivity contribution in [1.29, 1.82) is 0 Å². The summed E-state index contributed by atoms with van der Waals surface area (Å²) in [7, 11) is 6.45. The normalized spacial score (nSPS) is 11.3. The Kier molecular flexibility index (Phi) is 21.1. The van der Waals surface area contributed by atoms with E-state index in [2.05, 4.69) is 542 Å². The molecule has 0 saturated carbocycles. The Morgan fingerprint density at radius 2 is 0.354 bits per heavy atom. The summed E-state index contributed by atoms with van der Waals surface area (Å²) in [5.74, 6) is 0. The SMILES string of the molecule is CN(c1ccc(N(c2cccc3ccccc23)c2cccc3ccccc23)cc1)c1c2ccccc2cc2ccccc12.CN(c1ccc(N(c2cccc3ccccc23)c2cccc3ccccc23)cc1)c1ccc2cc3ccccc3cc2c1.CN(c1ccc(N(c2cccc3ccccc23)c2cccc3ccccc23)cc1)c1cccc(-c2ccccc2)c1. The van der Waals surface area contributed by atoms with Crippen LogP contribution in [0.15, 0.2) is 491 Å². The highest BCUT2D eigenvalue weighted by atomic mass is 15.2. The van der Waals surface area contributed by atoms with Crippen molar-refractivity contribution in [3.63, 3.8) is 0 Å². The number of nitrogens with zero attached hydrogens (tertiary/aromatic N) is 6. The van der Waals surface area contributed by atoms with Gasteiger partial charge in [-0.25, -0.2) is 0 Å². The molecule has 0 saturated heterocycles. The molecule has 604 valence electrons. The van der Waals surface area contributed by atoms with E-state index in [4.69, 9.17) is 0 Å². The molecule has 0 aliphatic rings. The minimum Gasteiger partial charge on any atom is -0.345 e. The van der Waals surface area contributed by atoms with Crippen LogP contribution in [-0.4, -0.2) is 21.1 Å². The third kappa shape index (κ3) is 15.3. The van der Waals surface area contributed by atoms with E-state index in [1.165, 1.54) is 125 Å². The van der Waals surface area contributed by atoms with Gasteiger partial charge in [-0.3, -0.25) is 0 Å². The Morgan fingerprint density at radius 3 is 0.701 bits per heavy atom. The lowest BCUT2D eigenvalue weighted by atomic mass is 10.00. The highest BCUT2D eigenvalue weighted by Crippen LogP contribution is 2.49. The standard InChI is InChI=1S/2C41H30N2.C39H30N2/c1-42(41-37-20-8-4-14-31(37)28-32-15-5-9-21-38(32)41)33-24-26-34(27-25-33)43(39-22-10-16-29-12-2-6-18-35(29)39)40-23-11-17-30-13-3-7-19-36(30)40;1-42(37-21-20-33-26-31-12-2-3-13-32(31)27-34(33)28-37)35-22-24-36(25-23-35)43(40-18-8-14-29-10-4-6-16-38(29)40)41-19-9-15-30-11-5-7-17-39(30)41;1-40(35-19-9-18-32(28-35)29-12-3-2-4-13-29)33-24-26-34(27-25-33)41(38-22-10-16-30-14-5-7-20-36(30)38)39-23-11-17-31-15-6-8-21-37(31)39/h2*2-28H,1H3;2-28H,1H3. The van der Waals surface area contributed by atoms with Gasteiger partial charge >= 0.3 is 0 Å². The maximum Gasteiger partial charge on any atom is 0.0567 e. The summed E-state index contributed by atoms with van der Waals surface area (Å²) in [5, 5.41) is 24.7. The summed E-state index contributed by atoms with van der Waals surface area (Å²) in [4.78, 5) is 14.0. The van der Waals surface area contributed by atoms with E-state index in [1.54, 1.807) is 0 Å². The zero-order chi connectivity index (χ0) is 85.1. The van der Waals surface area contributed by atoms with Gasteiger partial charge < -0.3 is 29.4 Å². The number of hydrogen-bond acceptors (Lipinski definition) is 6. The topological polar surface area (TPSA) is 19.4 Å². The average molecular weight is 1630 g/mol. The number of rotatable bonds is 16. The summed E-state index contributed by atoms with van der Waals surface area (Å²) in [5.41, 5.74) is 19.7. The molecule has 23 aromatic carbocycles. The first-order chi connectivity index (χ1) is 62.7. The van der Waals surface area contributed by atoms with Crippen molar-refractivity contribution in [1.82, 2.24) is 0 Å². The fourth-order valence-corrected chi connectivity index (χ4v) is 18.6. The lowest BCUT2D eigenvalue weighted by Crippen LogP contribution is -2.13. The van der Waals surface area contributed by atoms with E-state index in [0.29, 0.717) is 0 Å². The lowest BCUT2D eigenvalue weighted by molar-refractivity contribution is 1.20. The van der Waals surface area contributed by atoms with Gasteiger partial charge in [0.05, 0.1) is 39.8 Å². The first-order valence-electron chi connectivity index (χ1n) is 43.5. The monoisotopic (exact) mass is 1630 g/mol. The molecule has 0 aliphatic carbocycles. The van der Waals surface area contributed by atoms with Crippen molar-refractivity contribution >= 4 is 193 Å². The molecule has 0 aliphatic heterocycles. The average Bonchev–Trinajstić information content (AvgIpc) is 0.768. The van der Waals surface area contributed by atoms with E-state index < -0.39 is 0 Å². The van der Waals surface area contributed by atoms with Crippen LogP contribution in [0.1, 0.15) is 0 Å². The van der Waals surface area contributed by atoms with Gasteiger partial charge in [-0.15, -0.1) is 0 Å². The molecule has 0 aromatic heterocycles. The second-order valence-electron chi connectivity index (χ2n) is 32.5. The van der Waals surface area contributed by atoms with E-state index in [9.17, 15) is 0 Å². The molecule has 0 amide bonds. The van der Waals surface area contributed by atoms with Gasteiger partial charge in [-0.05, 0) is 227 Å². The number of fused-ring (bicyclic) bond motifs is 10. The van der Waals surface area contributed by atoms with E-state index in [-0.39, 0.29) is 0 Å². The summed E-state index contributed by atoms with van der Waals surface area (Å²) >= 11 is 0. The van der Waals surface area contributed by atoms with Crippen LogP contribution in [0, 0.1) is 0 Å². The van der Waals surface area contributed by atoms with Crippen molar-refractivity contribution in [3.05, 3.63) is 491 Å². The van der Waals surface area contributed by atoms with E-state index in [1.807, 2.05) is 0 Å². The Balaban J connectivity index is 0.000000116. The molecule has 127 heavy (non-hydrogen) atoms. The number of anilines is 15. The van der Waals surface area contributed by atoms with Crippen LogP contribution in [0.5, 0.6) is 0 Å². The largest absolute Gasteiger partial charge is 0.345 e. The van der Waals surface area contributed by atoms with Crippen LogP contribution < -0.4 is 29.4 Å². The number of benzene rings is 23. The smallest absolute Gasteiger partial charge is 0.0567 e. The zero-order valence-corrected chi connectivity index (χ0v) is 70.9. The van der Waals surface area contributed by atoms with Gasteiger partial charge in [0.1, 0.15) is 0 Å². The third-order valence-corrected chi connectivity index (χ3v) is 25.0. The minimum atomic E-state index is 1.12. The maximum atomic E-state index is 2.40. The fraction of sp³-hybridized carbons (Fsp3) is 0.0248. The second kappa shape index (κ2) is 34.4. The molecule has 6 nitrogen and oxygen atoms in total. The van der Waals surface area contributed by atoms with Crippen molar-refractivity contribution < 1.29 is 0 Å². The molecule has 0 spiro atoms. The summed E-state index contributed by atoms with van der Waals surface area (Å²) < 4.78 is 0. The van der Waals surface area contributed by atoms with Crippen molar-refractivity contribution in [2.24, 2.45) is 0 Å². The van der Waals surface area contributed by atoms with Crippen LogP contribution in [0.3, 0.4) is 0 Å². The highest BCUT2D eigenvalue weighted by molar-refractivity contribution is 6.14. The molecule has 0 fully saturated rings. The molecular formula is C121H90N6. The molecule has 23 rings (SSSR count). The Morgan fingerprint density at radius 1 is 0.126 bits per heavy atom. The molecule has 6 heteroatoms. The predicted molar refractivity (Wildman–Crippen MR) is 547 cm³/mol. The zero-order valence-electron chi connectivity index (χ0n) is 70.9. The minimum absolute atomic E-state index is 1.12. The van der Waals surface area contributed by atoms with Crippen LogP contribution in [0.25, 0.3) is 119 Å². The van der Waals surface area contributed by atoms with E-state index >= 15 is 0 Å². The molecule has 23 aromatic rings.